The minimum Gasteiger partial charge on any atom is -0.307 e. The van der Waals surface area contributed by atoms with Crippen molar-refractivity contribution in [3.05, 3.63) is 34.0 Å². The van der Waals surface area contributed by atoms with Gasteiger partial charge in [0.15, 0.2) is 0 Å². The largest absolute Gasteiger partial charge is 0.307 e. The van der Waals surface area contributed by atoms with Crippen LogP contribution in [0.2, 0.25) is 0 Å². The van der Waals surface area contributed by atoms with Crippen LogP contribution in [0.4, 0.5) is 0 Å². The number of hydrogen-bond acceptors (Lipinski definition) is 4. The molecule has 2 aromatic heterocycles. The molecule has 4 nitrogen and oxygen atoms in total. The van der Waals surface area contributed by atoms with E-state index >= 15 is 0 Å². The fourth-order valence-electron chi connectivity index (χ4n) is 1.37. The lowest BCUT2D eigenvalue weighted by Gasteiger charge is -2.02. The SMILES string of the molecule is Cc1c(CNCc2cscn2)cnn1C. The Labute approximate surface area is 93.0 Å². The summed E-state index contributed by atoms with van der Waals surface area (Å²) in [6.07, 6.45) is 1.91. The molecule has 1 N–H and O–H groups in total. The third kappa shape index (κ3) is 2.43. The zero-order valence-corrected chi connectivity index (χ0v) is 9.71. The van der Waals surface area contributed by atoms with E-state index in [1.54, 1.807) is 11.3 Å². The van der Waals surface area contributed by atoms with Gasteiger partial charge in [0, 0.05) is 36.8 Å². The molecule has 0 bridgehead atoms. The molecule has 0 aliphatic rings. The van der Waals surface area contributed by atoms with Gasteiger partial charge in [-0.25, -0.2) is 4.98 Å². The van der Waals surface area contributed by atoms with Gasteiger partial charge in [0.2, 0.25) is 0 Å². The smallest absolute Gasteiger partial charge is 0.0795 e. The van der Waals surface area contributed by atoms with Gasteiger partial charge in [-0.3, -0.25) is 4.68 Å². The molecule has 0 amide bonds. The first-order valence-corrected chi connectivity index (χ1v) is 5.77. The summed E-state index contributed by atoms with van der Waals surface area (Å²) in [6.45, 7) is 3.74. The van der Waals surface area contributed by atoms with Gasteiger partial charge in [-0.1, -0.05) is 0 Å². The average Bonchev–Trinajstić information content (AvgIpc) is 2.83. The van der Waals surface area contributed by atoms with Crippen molar-refractivity contribution in [3.8, 4) is 0 Å². The lowest BCUT2D eigenvalue weighted by atomic mass is 10.2. The Morgan fingerprint density at radius 1 is 1.47 bits per heavy atom. The summed E-state index contributed by atoms with van der Waals surface area (Å²) < 4.78 is 1.89. The predicted octanol–water partition coefficient (Wildman–Crippen LogP) is 1.47. The number of aromatic nitrogens is 3. The van der Waals surface area contributed by atoms with Gasteiger partial charge < -0.3 is 5.32 Å². The fraction of sp³-hybridized carbons (Fsp3) is 0.400. The molecule has 2 rings (SSSR count). The Morgan fingerprint density at radius 2 is 2.33 bits per heavy atom. The van der Waals surface area contributed by atoms with Crippen LogP contribution in [0, 0.1) is 6.92 Å². The first kappa shape index (κ1) is 10.3. The van der Waals surface area contributed by atoms with Crippen molar-refractivity contribution in [1.29, 1.82) is 0 Å². The highest BCUT2D eigenvalue weighted by Crippen LogP contribution is 2.05. The van der Waals surface area contributed by atoms with Crippen LogP contribution < -0.4 is 5.32 Å². The van der Waals surface area contributed by atoms with E-state index in [2.05, 4.69) is 27.7 Å². The molecular weight excluding hydrogens is 208 g/mol. The second-order valence-electron chi connectivity index (χ2n) is 3.46. The maximum absolute atomic E-state index is 4.21. The van der Waals surface area contributed by atoms with E-state index in [4.69, 9.17) is 0 Å². The second-order valence-corrected chi connectivity index (χ2v) is 4.18. The molecular formula is C10H14N4S. The summed E-state index contributed by atoms with van der Waals surface area (Å²) in [6, 6.07) is 0. The quantitative estimate of drug-likeness (QED) is 0.852. The number of nitrogens with zero attached hydrogens (tertiary/aromatic N) is 3. The molecule has 0 aliphatic heterocycles. The lowest BCUT2D eigenvalue weighted by Crippen LogP contribution is -2.13. The monoisotopic (exact) mass is 222 g/mol. The Kier molecular flexibility index (Phi) is 3.13. The molecule has 0 atom stereocenters. The molecule has 0 saturated heterocycles. The number of nitrogens with one attached hydrogen (secondary N) is 1. The maximum Gasteiger partial charge on any atom is 0.0795 e. The Balaban J connectivity index is 1.86. The average molecular weight is 222 g/mol. The Hall–Kier alpha value is -1.20. The molecule has 0 spiro atoms. The molecule has 0 radical (unpaired) electrons. The van der Waals surface area contributed by atoms with E-state index in [1.807, 2.05) is 23.4 Å². The topological polar surface area (TPSA) is 42.7 Å². The van der Waals surface area contributed by atoms with Crippen molar-refractivity contribution >= 4 is 11.3 Å². The van der Waals surface area contributed by atoms with Crippen LogP contribution >= 0.6 is 11.3 Å². The third-order valence-corrected chi connectivity index (χ3v) is 3.08. The standard InChI is InChI=1S/C10H14N4S/c1-8-9(4-13-14(8)2)3-11-5-10-6-15-7-12-10/h4,6-7,11H,3,5H2,1-2H3. The lowest BCUT2D eigenvalue weighted by molar-refractivity contribution is 0.675. The van der Waals surface area contributed by atoms with Gasteiger partial charge in [0.05, 0.1) is 17.4 Å². The summed E-state index contributed by atoms with van der Waals surface area (Å²) >= 11 is 1.63. The van der Waals surface area contributed by atoms with Gasteiger partial charge in [-0.2, -0.15) is 5.10 Å². The normalized spacial score (nSPS) is 10.8. The molecule has 2 aromatic rings. The zero-order chi connectivity index (χ0) is 10.7. The molecule has 0 unspecified atom stereocenters. The number of rotatable bonds is 4. The summed E-state index contributed by atoms with van der Waals surface area (Å²) in [5, 5.41) is 9.60. The van der Waals surface area contributed by atoms with Crippen LogP contribution in [-0.4, -0.2) is 14.8 Å². The second kappa shape index (κ2) is 4.55. The number of aryl methyl sites for hydroxylation is 1. The fourth-order valence-corrected chi connectivity index (χ4v) is 1.93. The van der Waals surface area contributed by atoms with Crippen LogP contribution in [0.5, 0.6) is 0 Å². The summed E-state index contributed by atoms with van der Waals surface area (Å²) in [5.74, 6) is 0. The van der Waals surface area contributed by atoms with Crippen LogP contribution in [0.25, 0.3) is 0 Å². The van der Waals surface area contributed by atoms with E-state index in [1.165, 1.54) is 11.3 Å². The summed E-state index contributed by atoms with van der Waals surface area (Å²) in [5.41, 5.74) is 5.40. The Bertz CT molecular complexity index is 419. The predicted molar refractivity (Wildman–Crippen MR) is 60.6 cm³/mol. The first-order chi connectivity index (χ1) is 7.27. The summed E-state index contributed by atoms with van der Waals surface area (Å²) in [7, 11) is 1.96. The van der Waals surface area contributed by atoms with Crippen LogP contribution in [0.3, 0.4) is 0 Å². The first-order valence-electron chi connectivity index (χ1n) is 4.82. The van der Waals surface area contributed by atoms with Crippen molar-refractivity contribution in [2.75, 3.05) is 0 Å². The molecule has 80 valence electrons. The van der Waals surface area contributed by atoms with Gasteiger partial charge in [-0.05, 0) is 6.92 Å². The van der Waals surface area contributed by atoms with Crippen LogP contribution in [0.15, 0.2) is 17.1 Å². The van der Waals surface area contributed by atoms with Crippen molar-refractivity contribution in [2.24, 2.45) is 7.05 Å². The zero-order valence-electron chi connectivity index (χ0n) is 8.90. The van der Waals surface area contributed by atoms with Crippen molar-refractivity contribution in [3.63, 3.8) is 0 Å². The highest BCUT2D eigenvalue weighted by atomic mass is 32.1. The summed E-state index contributed by atoms with van der Waals surface area (Å²) in [4.78, 5) is 4.21. The van der Waals surface area contributed by atoms with Gasteiger partial charge in [0.25, 0.3) is 0 Å². The van der Waals surface area contributed by atoms with Gasteiger partial charge in [0.1, 0.15) is 0 Å². The minimum atomic E-state index is 0.817. The van der Waals surface area contributed by atoms with Gasteiger partial charge >= 0.3 is 0 Å². The Morgan fingerprint density at radius 3 is 2.93 bits per heavy atom. The van der Waals surface area contributed by atoms with E-state index in [-0.39, 0.29) is 0 Å². The van der Waals surface area contributed by atoms with E-state index in [0.29, 0.717) is 0 Å². The molecule has 5 heteroatoms. The molecule has 0 aliphatic carbocycles. The van der Waals surface area contributed by atoms with E-state index in [9.17, 15) is 0 Å². The van der Waals surface area contributed by atoms with Gasteiger partial charge in [-0.15, -0.1) is 11.3 Å². The molecule has 0 aromatic carbocycles. The minimum absolute atomic E-state index is 0.817. The molecule has 15 heavy (non-hydrogen) atoms. The maximum atomic E-state index is 4.21. The van der Waals surface area contributed by atoms with Crippen molar-refractivity contribution in [1.82, 2.24) is 20.1 Å². The number of thiazole rings is 1. The highest BCUT2D eigenvalue weighted by Gasteiger charge is 2.02. The van der Waals surface area contributed by atoms with Crippen LogP contribution in [0.1, 0.15) is 17.0 Å². The van der Waals surface area contributed by atoms with Crippen molar-refractivity contribution in [2.45, 2.75) is 20.0 Å². The van der Waals surface area contributed by atoms with Crippen molar-refractivity contribution < 1.29 is 0 Å². The number of hydrogen-bond donors (Lipinski definition) is 1. The third-order valence-electron chi connectivity index (χ3n) is 2.44. The molecule has 0 saturated carbocycles. The van der Waals surface area contributed by atoms with E-state index < -0.39 is 0 Å². The highest BCUT2D eigenvalue weighted by molar-refractivity contribution is 7.07. The molecule has 0 fully saturated rings. The van der Waals surface area contributed by atoms with E-state index in [0.717, 1.165) is 18.8 Å². The molecule has 2 heterocycles. The van der Waals surface area contributed by atoms with Crippen LogP contribution in [-0.2, 0) is 20.1 Å².